The lowest BCUT2D eigenvalue weighted by molar-refractivity contribution is 0.0998. The fourth-order valence-electron chi connectivity index (χ4n) is 1.79. The van der Waals surface area contributed by atoms with Gasteiger partial charge in [-0.25, -0.2) is 0 Å². The molecule has 0 aliphatic rings. The first-order valence-electron chi connectivity index (χ1n) is 4.82. The van der Waals surface area contributed by atoms with E-state index in [0.717, 1.165) is 25.8 Å². The second-order valence-corrected chi connectivity index (χ2v) is 4.91. The van der Waals surface area contributed by atoms with Gasteiger partial charge in [0.05, 0.1) is 5.56 Å². The van der Waals surface area contributed by atoms with E-state index in [9.17, 15) is 4.79 Å². The van der Waals surface area contributed by atoms with Crippen molar-refractivity contribution in [3.63, 3.8) is 0 Å². The zero-order chi connectivity index (χ0) is 12.6. The first-order valence-corrected chi connectivity index (χ1v) is 5.90. The summed E-state index contributed by atoms with van der Waals surface area (Å²) in [7, 11) is 0. The summed E-state index contributed by atoms with van der Waals surface area (Å²) < 4.78 is 0.790. The summed E-state index contributed by atoms with van der Waals surface area (Å²) in [6, 6.07) is 0. The summed E-state index contributed by atoms with van der Waals surface area (Å²) in [4.78, 5) is 11.4. The topological polar surface area (TPSA) is 69.1 Å². The predicted molar refractivity (Wildman–Crippen MR) is 75.1 cm³/mol. The quantitative estimate of drug-likeness (QED) is 0.817. The third kappa shape index (κ3) is 1.93. The molecular formula is C12H15IN2O. The molecule has 0 atom stereocenters. The molecule has 1 aromatic rings. The average Bonchev–Trinajstić information content (AvgIpc) is 2.13. The van der Waals surface area contributed by atoms with Crippen LogP contribution in [0.3, 0.4) is 0 Å². The maximum atomic E-state index is 11.4. The molecule has 0 aliphatic carbocycles. The van der Waals surface area contributed by atoms with Gasteiger partial charge in [0.25, 0.3) is 0 Å². The molecule has 0 spiro atoms. The molecule has 0 aliphatic heterocycles. The van der Waals surface area contributed by atoms with Crippen molar-refractivity contribution in [1.29, 1.82) is 0 Å². The van der Waals surface area contributed by atoms with Crippen molar-refractivity contribution in [1.82, 2.24) is 0 Å². The number of primary amides is 1. The van der Waals surface area contributed by atoms with E-state index in [-0.39, 0.29) is 0 Å². The van der Waals surface area contributed by atoms with Crippen molar-refractivity contribution in [2.24, 2.45) is 11.5 Å². The van der Waals surface area contributed by atoms with Gasteiger partial charge in [0.1, 0.15) is 0 Å². The lowest BCUT2D eigenvalue weighted by Crippen LogP contribution is -2.18. The van der Waals surface area contributed by atoms with Crippen LogP contribution in [0.5, 0.6) is 0 Å². The molecule has 0 radical (unpaired) electrons. The Morgan fingerprint density at radius 3 is 1.88 bits per heavy atom. The number of amides is 1. The summed E-state index contributed by atoms with van der Waals surface area (Å²) in [6.07, 6.45) is 0. The zero-order valence-corrected chi connectivity index (χ0v) is 11.8. The molecule has 0 unspecified atom stereocenters. The highest BCUT2D eigenvalue weighted by Crippen LogP contribution is 2.30. The highest BCUT2D eigenvalue weighted by atomic mass is 127. The number of benzene rings is 1. The molecule has 4 heteroatoms. The maximum Gasteiger partial charge on any atom is 0.250 e. The number of hydrogen-bond donors (Lipinski definition) is 2. The lowest BCUT2D eigenvalue weighted by atomic mass is 9.92. The van der Waals surface area contributed by atoms with Gasteiger partial charge in [-0.05, 0) is 60.1 Å². The fraction of sp³-hybridized carbons (Fsp3) is 0.250. The monoisotopic (exact) mass is 330 g/mol. The van der Waals surface area contributed by atoms with Gasteiger partial charge >= 0.3 is 0 Å². The summed E-state index contributed by atoms with van der Waals surface area (Å²) in [5, 5.41) is 0. The minimum absolute atomic E-state index is 0.424. The Hall–Kier alpha value is -1.04. The minimum Gasteiger partial charge on any atom is -0.399 e. The normalized spacial score (nSPS) is 10.2. The molecule has 1 rings (SSSR count). The SMILES string of the molecule is C=C(N)c1c(C)c(C)c(C)c(C(N)=O)c1I. The second kappa shape index (κ2) is 4.45. The summed E-state index contributed by atoms with van der Waals surface area (Å²) in [6.45, 7) is 9.57. The largest absolute Gasteiger partial charge is 0.399 e. The van der Waals surface area contributed by atoms with E-state index in [4.69, 9.17) is 11.5 Å². The van der Waals surface area contributed by atoms with Gasteiger partial charge in [-0.15, -0.1) is 0 Å². The zero-order valence-electron chi connectivity index (χ0n) is 9.65. The van der Waals surface area contributed by atoms with E-state index in [1.54, 1.807) is 0 Å². The molecular weight excluding hydrogens is 315 g/mol. The molecule has 3 nitrogen and oxygen atoms in total. The van der Waals surface area contributed by atoms with Crippen molar-refractivity contribution in [2.45, 2.75) is 20.8 Å². The fourth-order valence-corrected chi connectivity index (χ4v) is 3.21. The van der Waals surface area contributed by atoms with Crippen molar-refractivity contribution < 1.29 is 4.79 Å². The lowest BCUT2D eigenvalue weighted by Gasteiger charge is -2.17. The Morgan fingerprint density at radius 1 is 1.06 bits per heavy atom. The molecule has 1 amide bonds. The Kier molecular flexibility index (Phi) is 3.62. The Morgan fingerprint density at radius 2 is 1.50 bits per heavy atom. The van der Waals surface area contributed by atoms with Crippen LogP contribution in [0.25, 0.3) is 5.70 Å². The van der Waals surface area contributed by atoms with Crippen molar-refractivity contribution in [3.05, 3.63) is 38.0 Å². The molecule has 0 saturated carbocycles. The number of carbonyl (C=O) groups excluding carboxylic acids is 1. The van der Waals surface area contributed by atoms with Crippen LogP contribution in [0, 0.1) is 24.3 Å². The predicted octanol–water partition coefficient (Wildman–Crippen LogP) is 2.24. The number of carbonyl (C=O) groups is 1. The van der Waals surface area contributed by atoms with E-state index in [0.29, 0.717) is 11.3 Å². The van der Waals surface area contributed by atoms with E-state index < -0.39 is 5.91 Å². The highest BCUT2D eigenvalue weighted by Gasteiger charge is 2.19. The second-order valence-electron chi connectivity index (χ2n) is 3.83. The first kappa shape index (κ1) is 13.0. The Labute approximate surface area is 109 Å². The van der Waals surface area contributed by atoms with Crippen LogP contribution in [-0.2, 0) is 0 Å². The van der Waals surface area contributed by atoms with Gasteiger partial charge in [-0.2, -0.15) is 0 Å². The number of nitrogens with two attached hydrogens (primary N) is 2. The standard InChI is InChI=1S/C12H15IN2O/c1-5-6(2)9(8(4)14)11(13)10(7(5)3)12(15)16/h4,14H2,1-3H3,(H2,15,16). The average molecular weight is 330 g/mol. The van der Waals surface area contributed by atoms with Crippen LogP contribution < -0.4 is 11.5 Å². The van der Waals surface area contributed by atoms with Crippen LogP contribution in [0.1, 0.15) is 32.6 Å². The van der Waals surface area contributed by atoms with Crippen molar-refractivity contribution >= 4 is 34.2 Å². The van der Waals surface area contributed by atoms with Gasteiger partial charge in [-0.1, -0.05) is 6.58 Å². The maximum absolute atomic E-state index is 11.4. The number of halogens is 1. The van der Waals surface area contributed by atoms with Gasteiger partial charge in [0.15, 0.2) is 0 Å². The third-order valence-electron chi connectivity index (χ3n) is 2.88. The van der Waals surface area contributed by atoms with Crippen molar-refractivity contribution in [2.75, 3.05) is 0 Å². The molecule has 4 N–H and O–H groups in total. The van der Waals surface area contributed by atoms with E-state index in [1.165, 1.54) is 0 Å². The molecule has 0 fully saturated rings. The number of rotatable bonds is 2. The van der Waals surface area contributed by atoms with Crippen LogP contribution in [0.2, 0.25) is 0 Å². The van der Waals surface area contributed by atoms with Crippen LogP contribution in [0.4, 0.5) is 0 Å². The molecule has 1 aromatic carbocycles. The molecule has 0 bridgehead atoms. The van der Waals surface area contributed by atoms with Gasteiger partial charge in [-0.3, -0.25) is 4.79 Å². The first-order chi connectivity index (χ1) is 7.29. The molecule has 0 aromatic heterocycles. The molecule has 86 valence electrons. The smallest absolute Gasteiger partial charge is 0.250 e. The Balaban J connectivity index is 3.80. The Bertz CT molecular complexity index is 451. The van der Waals surface area contributed by atoms with Gasteiger partial charge < -0.3 is 11.5 Å². The summed E-state index contributed by atoms with van der Waals surface area (Å²) >= 11 is 2.10. The van der Waals surface area contributed by atoms with Crippen LogP contribution in [0.15, 0.2) is 6.58 Å². The molecule has 0 heterocycles. The third-order valence-corrected chi connectivity index (χ3v) is 3.96. The van der Waals surface area contributed by atoms with Crippen molar-refractivity contribution in [3.8, 4) is 0 Å². The van der Waals surface area contributed by atoms with Gasteiger partial charge in [0.2, 0.25) is 5.91 Å². The molecule has 0 saturated heterocycles. The summed E-state index contributed by atoms with van der Waals surface area (Å²) in [5.74, 6) is -0.424. The van der Waals surface area contributed by atoms with Crippen LogP contribution >= 0.6 is 22.6 Å². The van der Waals surface area contributed by atoms with E-state index >= 15 is 0 Å². The van der Waals surface area contributed by atoms with E-state index in [2.05, 4.69) is 29.2 Å². The van der Waals surface area contributed by atoms with E-state index in [1.807, 2.05) is 20.8 Å². The highest BCUT2D eigenvalue weighted by molar-refractivity contribution is 14.1. The van der Waals surface area contributed by atoms with Gasteiger partial charge in [0, 0.05) is 14.8 Å². The van der Waals surface area contributed by atoms with Crippen LogP contribution in [-0.4, -0.2) is 5.91 Å². The number of hydrogen-bond acceptors (Lipinski definition) is 2. The summed E-state index contributed by atoms with van der Waals surface area (Å²) in [5.41, 5.74) is 16.0. The minimum atomic E-state index is -0.424. The molecule has 16 heavy (non-hydrogen) atoms.